The van der Waals surface area contributed by atoms with Gasteiger partial charge in [0.2, 0.25) is 0 Å². The predicted octanol–water partition coefficient (Wildman–Crippen LogP) is 15.0. The maximum Gasteiger partial charge on any atom is 0.164 e. The molecule has 61 heavy (non-hydrogen) atoms. The second kappa shape index (κ2) is 15.3. The Labute approximate surface area is 356 Å². The van der Waals surface area contributed by atoms with E-state index in [9.17, 15) is 0 Å². The molecule has 3 nitrogen and oxygen atoms in total. The lowest BCUT2D eigenvalue weighted by Gasteiger charge is -2.20. The molecular formula is C58H43N3. The van der Waals surface area contributed by atoms with E-state index in [0.29, 0.717) is 23.4 Å². The molecular weight excluding hydrogens is 739 g/mol. The number of rotatable bonds is 8. The summed E-state index contributed by atoms with van der Waals surface area (Å²) in [5.74, 6) is 2.35. The summed E-state index contributed by atoms with van der Waals surface area (Å²) in [4.78, 5) is 15.8. The van der Waals surface area contributed by atoms with Crippen molar-refractivity contribution in [3.05, 3.63) is 216 Å². The Kier molecular flexibility index (Phi) is 9.16. The van der Waals surface area contributed by atoms with Crippen molar-refractivity contribution in [2.75, 3.05) is 0 Å². The normalized spacial score (nSPS) is 13.9. The van der Waals surface area contributed by atoms with Gasteiger partial charge in [0.25, 0.3) is 0 Å². The average molecular weight is 782 g/mol. The Bertz CT molecular complexity index is 3290. The molecule has 0 saturated heterocycles. The Morgan fingerprint density at radius 2 is 1.11 bits per heavy atom. The summed E-state index contributed by atoms with van der Waals surface area (Å²) in [6.45, 7) is 4.56. The molecule has 1 atom stereocenters. The number of aromatic nitrogens is 3. The maximum absolute atomic E-state index is 5.36. The zero-order valence-corrected chi connectivity index (χ0v) is 34.3. The van der Waals surface area contributed by atoms with Crippen LogP contribution in [0.4, 0.5) is 0 Å². The second-order valence-electron chi connectivity index (χ2n) is 16.5. The molecule has 0 N–H and O–H groups in total. The van der Waals surface area contributed by atoms with E-state index in [-0.39, 0.29) is 0 Å². The van der Waals surface area contributed by atoms with Crippen molar-refractivity contribution in [3.8, 4) is 56.4 Å². The lowest BCUT2D eigenvalue weighted by Crippen LogP contribution is -2.04. The van der Waals surface area contributed by atoms with E-state index < -0.39 is 0 Å². The Morgan fingerprint density at radius 1 is 0.492 bits per heavy atom. The quantitative estimate of drug-likeness (QED) is 0.144. The van der Waals surface area contributed by atoms with Gasteiger partial charge in [0.1, 0.15) is 0 Å². The van der Waals surface area contributed by atoms with Crippen LogP contribution >= 0.6 is 0 Å². The second-order valence-corrected chi connectivity index (χ2v) is 16.5. The smallest absolute Gasteiger partial charge is 0.164 e. The molecule has 9 aromatic carbocycles. The third-order valence-electron chi connectivity index (χ3n) is 12.4. The number of allylic oxidation sites excluding steroid dienone is 4. The van der Waals surface area contributed by atoms with Crippen LogP contribution in [0.5, 0.6) is 0 Å². The van der Waals surface area contributed by atoms with Gasteiger partial charge in [-0.1, -0.05) is 177 Å². The molecule has 0 saturated carbocycles. The maximum atomic E-state index is 5.36. The van der Waals surface area contributed by atoms with E-state index >= 15 is 0 Å². The summed E-state index contributed by atoms with van der Waals surface area (Å²) >= 11 is 0. The Balaban J connectivity index is 1.12. The van der Waals surface area contributed by atoms with Gasteiger partial charge < -0.3 is 0 Å². The fourth-order valence-corrected chi connectivity index (χ4v) is 9.45. The highest BCUT2D eigenvalue weighted by molar-refractivity contribution is 6.26. The van der Waals surface area contributed by atoms with E-state index in [2.05, 4.69) is 190 Å². The van der Waals surface area contributed by atoms with Gasteiger partial charge in [0.15, 0.2) is 17.5 Å². The number of benzene rings is 9. The van der Waals surface area contributed by atoms with E-state index in [1.165, 1.54) is 71.3 Å². The van der Waals surface area contributed by atoms with Gasteiger partial charge in [-0.3, -0.25) is 0 Å². The Morgan fingerprint density at radius 3 is 1.85 bits per heavy atom. The van der Waals surface area contributed by atoms with Gasteiger partial charge in [0, 0.05) is 16.7 Å². The number of nitrogens with zero attached hydrogens (tertiary/aromatic N) is 3. The highest BCUT2D eigenvalue weighted by Crippen LogP contribution is 2.43. The number of aryl methyl sites for hydroxylation is 1. The molecule has 290 valence electrons. The molecule has 0 fully saturated rings. The summed E-state index contributed by atoms with van der Waals surface area (Å²) in [6.07, 6.45) is 8.47. The molecule has 1 aromatic heterocycles. The minimum Gasteiger partial charge on any atom is -0.208 e. The SMILES string of the molecule is Cc1cc2ccc3cccc4ccc(c1-c1ccc(-c5nc(-c6ccccc6)nc(-c6cc(C7=CC=CCC7C)cc(-c7ccccc7)c6)n5)cc1Cc1ccccc1)c2c34. The van der Waals surface area contributed by atoms with Crippen LogP contribution in [0.25, 0.3) is 94.3 Å². The van der Waals surface area contributed by atoms with Crippen molar-refractivity contribution in [1.29, 1.82) is 0 Å². The third kappa shape index (κ3) is 6.79. The van der Waals surface area contributed by atoms with E-state index in [0.717, 1.165) is 40.7 Å². The summed E-state index contributed by atoms with van der Waals surface area (Å²) in [5.41, 5.74) is 13.9. The van der Waals surface area contributed by atoms with Crippen LogP contribution in [-0.4, -0.2) is 15.0 Å². The fourth-order valence-electron chi connectivity index (χ4n) is 9.45. The highest BCUT2D eigenvalue weighted by Gasteiger charge is 2.21. The predicted molar refractivity (Wildman–Crippen MR) is 256 cm³/mol. The minimum absolute atomic E-state index is 0.399. The van der Waals surface area contributed by atoms with E-state index in [1.807, 2.05) is 18.2 Å². The Hall–Kier alpha value is -7.49. The van der Waals surface area contributed by atoms with Crippen LogP contribution in [0.2, 0.25) is 0 Å². The van der Waals surface area contributed by atoms with Crippen LogP contribution < -0.4 is 0 Å². The van der Waals surface area contributed by atoms with Gasteiger partial charge >= 0.3 is 0 Å². The summed E-state index contributed by atoms with van der Waals surface area (Å²) in [7, 11) is 0. The van der Waals surface area contributed by atoms with Crippen molar-refractivity contribution in [2.24, 2.45) is 5.92 Å². The topological polar surface area (TPSA) is 38.7 Å². The zero-order valence-electron chi connectivity index (χ0n) is 34.3. The molecule has 1 aliphatic rings. The van der Waals surface area contributed by atoms with Crippen molar-refractivity contribution in [3.63, 3.8) is 0 Å². The van der Waals surface area contributed by atoms with E-state index in [1.54, 1.807) is 0 Å². The van der Waals surface area contributed by atoms with Crippen LogP contribution in [0.15, 0.2) is 194 Å². The summed E-state index contributed by atoms with van der Waals surface area (Å²) in [5, 5.41) is 7.75. The minimum atomic E-state index is 0.399. The van der Waals surface area contributed by atoms with Crippen LogP contribution in [0, 0.1) is 12.8 Å². The average Bonchev–Trinajstić information content (AvgIpc) is 3.31. The standard InChI is InChI=1S/C58H43N3/c1-37-15-12-13-24-50(37)48-34-46(40-18-8-4-9-19-40)35-49(36-48)58-60-56(43-20-10-5-11-21-43)59-57(61-58)45-28-29-51(47(33-45)32-39-16-6-3-7-17-39)53-38(2)31-44-26-25-41-22-14-23-42-27-30-52(53)55(44)54(41)42/h3-14,16-31,33-37H,15,32H2,1-2H3. The molecule has 0 radical (unpaired) electrons. The van der Waals surface area contributed by atoms with Crippen LogP contribution in [0.1, 0.15) is 35.6 Å². The molecule has 11 rings (SSSR count). The van der Waals surface area contributed by atoms with Crippen molar-refractivity contribution >= 4 is 37.9 Å². The zero-order chi connectivity index (χ0) is 40.9. The van der Waals surface area contributed by atoms with Gasteiger partial charge in [-0.2, -0.15) is 0 Å². The summed E-state index contributed by atoms with van der Waals surface area (Å²) < 4.78 is 0. The fraction of sp³-hybridized carbons (Fsp3) is 0.0862. The van der Waals surface area contributed by atoms with Gasteiger partial charge in [-0.15, -0.1) is 0 Å². The molecule has 3 heteroatoms. The highest BCUT2D eigenvalue weighted by atomic mass is 15.0. The van der Waals surface area contributed by atoms with E-state index in [4.69, 9.17) is 15.0 Å². The first-order valence-corrected chi connectivity index (χ1v) is 21.3. The molecule has 1 heterocycles. The number of hydrogen-bond acceptors (Lipinski definition) is 3. The van der Waals surface area contributed by atoms with Gasteiger partial charge in [-0.05, 0) is 132 Å². The molecule has 10 aromatic rings. The largest absolute Gasteiger partial charge is 0.208 e. The number of hydrogen-bond donors (Lipinski definition) is 0. The summed E-state index contributed by atoms with van der Waals surface area (Å²) in [6, 6.07) is 63.5. The molecule has 1 aliphatic carbocycles. The molecule has 1 unspecified atom stereocenters. The third-order valence-corrected chi connectivity index (χ3v) is 12.4. The molecule has 0 aliphatic heterocycles. The van der Waals surface area contributed by atoms with Gasteiger partial charge in [0.05, 0.1) is 0 Å². The lowest BCUT2D eigenvalue weighted by atomic mass is 9.84. The first kappa shape index (κ1) is 36.6. The van der Waals surface area contributed by atoms with Crippen LogP contribution in [0.3, 0.4) is 0 Å². The molecule has 0 spiro atoms. The first-order valence-electron chi connectivity index (χ1n) is 21.3. The molecule has 0 amide bonds. The lowest BCUT2D eigenvalue weighted by molar-refractivity contribution is 0.758. The molecule has 0 bridgehead atoms. The van der Waals surface area contributed by atoms with Crippen molar-refractivity contribution in [1.82, 2.24) is 15.0 Å². The monoisotopic (exact) mass is 781 g/mol. The van der Waals surface area contributed by atoms with Gasteiger partial charge in [-0.25, -0.2) is 15.0 Å². The first-order chi connectivity index (χ1) is 30.0. The van der Waals surface area contributed by atoms with Crippen molar-refractivity contribution < 1.29 is 0 Å². The van der Waals surface area contributed by atoms with Crippen molar-refractivity contribution in [2.45, 2.75) is 26.7 Å². The van der Waals surface area contributed by atoms with Crippen LogP contribution in [-0.2, 0) is 6.42 Å².